The first-order valence-electron chi connectivity index (χ1n) is 9.03. The second kappa shape index (κ2) is 8.37. The van der Waals surface area contributed by atoms with Crippen LogP contribution in [-0.4, -0.2) is 48.3 Å². The Bertz CT molecular complexity index is 882. The number of benzene rings is 2. The van der Waals surface area contributed by atoms with Gasteiger partial charge in [0.25, 0.3) is 0 Å². The molecule has 0 spiro atoms. The Morgan fingerprint density at radius 1 is 1.18 bits per heavy atom. The first-order chi connectivity index (χ1) is 13.3. The maximum atomic E-state index is 14.1. The molecule has 0 saturated heterocycles. The van der Waals surface area contributed by atoms with E-state index in [1.165, 1.54) is 21.9 Å². The molecule has 3 rings (SSSR count). The highest BCUT2D eigenvalue weighted by Gasteiger charge is 2.28. The van der Waals surface area contributed by atoms with Crippen molar-refractivity contribution in [3.63, 3.8) is 0 Å². The van der Waals surface area contributed by atoms with Crippen molar-refractivity contribution in [3.8, 4) is 0 Å². The number of hydrogen-bond donors (Lipinski definition) is 0. The predicted octanol–water partition coefficient (Wildman–Crippen LogP) is 3.95. The molecule has 0 bridgehead atoms. The first kappa shape index (κ1) is 19.8. The van der Waals surface area contributed by atoms with Crippen LogP contribution in [0.3, 0.4) is 0 Å². The average molecular weight is 387 g/mol. The van der Waals surface area contributed by atoms with E-state index >= 15 is 0 Å². The molecule has 1 aliphatic rings. The van der Waals surface area contributed by atoms with Crippen LogP contribution in [0.2, 0.25) is 0 Å². The highest BCUT2D eigenvalue weighted by Crippen LogP contribution is 2.20. The van der Waals surface area contributed by atoms with Gasteiger partial charge in [-0.25, -0.2) is 13.6 Å². The minimum Gasteiger partial charge on any atom is -0.390 e. The molecule has 0 aromatic heterocycles. The Hall–Kier alpha value is -2.96. The van der Waals surface area contributed by atoms with Gasteiger partial charge in [-0.2, -0.15) is 0 Å². The fourth-order valence-electron chi connectivity index (χ4n) is 3.04. The summed E-state index contributed by atoms with van der Waals surface area (Å²) < 4.78 is 27.2. The zero-order valence-electron chi connectivity index (χ0n) is 16.2. The summed E-state index contributed by atoms with van der Waals surface area (Å²) in [5, 5.41) is 4.15. The zero-order valence-corrected chi connectivity index (χ0v) is 16.2. The maximum Gasteiger partial charge on any atom is 0.319 e. The molecule has 1 unspecified atom stereocenters. The molecule has 148 valence electrons. The van der Waals surface area contributed by atoms with Gasteiger partial charge in [-0.15, -0.1) is 0 Å². The lowest BCUT2D eigenvalue weighted by Crippen LogP contribution is -2.43. The van der Waals surface area contributed by atoms with Crippen molar-refractivity contribution in [2.75, 3.05) is 20.6 Å². The van der Waals surface area contributed by atoms with Crippen LogP contribution in [0.15, 0.2) is 47.6 Å². The fourth-order valence-corrected chi connectivity index (χ4v) is 3.04. The Morgan fingerprint density at radius 3 is 2.54 bits per heavy atom. The summed E-state index contributed by atoms with van der Waals surface area (Å²) in [5.41, 5.74) is 3.19. The van der Waals surface area contributed by atoms with E-state index in [-0.39, 0.29) is 30.8 Å². The summed E-state index contributed by atoms with van der Waals surface area (Å²) in [6.45, 7) is 2.27. The molecule has 2 aromatic carbocycles. The normalized spacial score (nSPS) is 15.8. The molecule has 28 heavy (non-hydrogen) atoms. The summed E-state index contributed by atoms with van der Waals surface area (Å²) >= 11 is 0. The van der Waals surface area contributed by atoms with Gasteiger partial charge in [-0.05, 0) is 18.6 Å². The second-order valence-electron chi connectivity index (χ2n) is 7.13. The lowest BCUT2D eigenvalue weighted by Gasteiger charge is -2.28. The van der Waals surface area contributed by atoms with Gasteiger partial charge in [0.1, 0.15) is 11.6 Å². The van der Waals surface area contributed by atoms with Crippen LogP contribution in [0.25, 0.3) is 0 Å². The highest BCUT2D eigenvalue weighted by atomic mass is 19.1. The van der Waals surface area contributed by atoms with Crippen LogP contribution in [0.5, 0.6) is 0 Å². The smallest absolute Gasteiger partial charge is 0.319 e. The Kier molecular flexibility index (Phi) is 5.92. The van der Waals surface area contributed by atoms with Crippen molar-refractivity contribution in [3.05, 3.63) is 70.8 Å². The molecule has 7 heteroatoms. The van der Waals surface area contributed by atoms with Crippen molar-refractivity contribution in [2.45, 2.75) is 26.0 Å². The van der Waals surface area contributed by atoms with Gasteiger partial charge in [-0.1, -0.05) is 41.1 Å². The number of oxime groups is 1. The lowest BCUT2D eigenvalue weighted by molar-refractivity contribution is 0.0548. The molecular weight excluding hydrogens is 364 g/mol. The van der Waals surface area contributed by atoms with Crippen molar-refractivity contribution in [2.24, 2.45) is 5.16 Å². The average Bonchev–Trinajstić information content (AvgIpc) is 3.11. The molecule has 0 fully saturated rings. The lowest BCUT2D eigenvalue weighted by atomic mass is 10.0. The topological polar surface area (TPSA) is 45.1 Å². The van der Waals surface area contributed by atoms with E-state index in [1.807, 2.05) is 31.2 Å². The standard InChI is InChI=1S/C21H23F2N3O2/c1-14-4-6-15(7-5-14)20-11-18(28-24-20)13-26(21(27)25(2)3)12-16-8-9-17(22)10-19(16)23/h4-10,18H,11-13H2,1-3H3. The van der Waals surface area contributed by atoms with Gasteiger partial charge in [0.2, 0.25) is 0 Å². The highest BCUT2D eigenvalue weighted by molar-refractivity contribution is 6.01. The van der Waals surface area contributed by atoms with Crippen molar-refractivity contribution >= 4 is 11.7 Å². The zero-order chi connectivity index (χ0) is 20.3. The Balaban J connectivity index is 1.70. The van der Waals surface area contributed by atoms with Gasteiger partial charge in [0.15, 0.2) is 6.10 Å². The number of nitrogens with zero attached hydrogens (tertiary/aromatic N) is 3. The SMILES string of the molecule is Cc1ccc(C2=NOC(CN(Cc3ccc(F)cc3F)C(=O)N(C)C)C2)cc1. The number of carbonyl (C=O) groups excluding carboxylic acids is 1. The number of urea groups is 1. The van der Waals surface area contributed by atoms with E-state index in [0.717, 1.165) is 22.9 Å². The summed E-state index contributed by atoms with van der Waals surface area (Å²) in [6, 6.07) is 11.0. The monoisotopic (exact) mass is 387 g/mol. The molecule has 0 N–H and O–H groups in total. The number of hydrogen-bond acceptors (Lipinski definition) is 3. The van der Waals surface area contributed by atoms with E-state index in [2.05, 4.69) is 5.16 Å². The van der Waals surface area contributed by atoms with E-state index in [4.69, 9.17) is 4.84 Å². The molecular formula is C21H23F2N3O2. The number of aryl methyl sites for hydroxylation is 1. The minimum absolute atomic E-state index is 0.0167. The number of halogens is 2. The van der Waals surface area contributed by atoms with Crippen LogP contribution in [0.4, 0.5) is 13.6 Å². The van der Waals surface area contributed by atoms with Gasteiger partial charge >= 0.3 is 6.03 Å². The largest absolute Gasteiger partial charge is 0.390 e. The number of amides is 2. The Morgan fingerprint density at radius 2 is 1.89 bits per heavy atom. The first-order valence-corrected chi connectivity index (χ1v) is 9.03. The summed E-state index contributed by atoms with van der Waals surface area (Å²) in [4.78, 5) is 21.0. The predicted molar refractivity (Wildman–Crippen MR) is 103 cm³/mol. The summed E-state index contributed by atoms with van der Waals surface area (Å²) in [7, 11) is 3.25. The van der Waals surface area contributed by atoms with E-state index in [0.29, 0.717) is 6.42 Å². The molecule has 2 amide bonds. The van der Waals surface area contributed by atoms with Crippen LogP contribution in [0.1, 0.15) is 23.1 Å². The van der Waals surface area contributed by atoms with E-state index in [1.54, 1.807) is 14.1 Å². The van der Waals surface area contributed by atoms with Crippen LogP contribution in [-0.2, 0) is 11.4 Å². The molecule has 0 saturated carbocycles. The Labute approximate surface area is 163 Å². The maximum absolute atomic E-state index is 14.1. The van der Waals surface area contributed by atoms with Gasteiger partial charge in [0.05, 0.1) is 18.8 Å². The van der Waals surface area contributed by atoms with Gasteiger partial charge in [-0.3, -0.25) is 0 Å². The molecule has 0 radical (unpaired) electrons. The minimum atomic E-state index is -0.680. The van der Waals surface area contributed by atoms with E-state index < -0.39 is 11.6 Å². The molecule has 1 heterocycles. The fraction of sp³-hybridized carbons (Fsp3) is 0.333. The quantitative estimate of drug-likeness (QED) is 0.780. The molecule has 2 aromatic rings. The molecule has 1 aliphatic heterocycles. The van der Waals surface area contributed by atoms with E-state index in [9.17, 15) is 13.6 Å². The van der Waals surface area contributed by atoms with Crippen molar-refractivity contribution in [1.29, 1.82) is 0 Å². The second-order valence-corrected chi connectivity index (χ2v) is 7.13. The van der Waals surface area contributed by atoms with Crippen LogP contribution < -0.4 is 0 Å². The number of carbonyl (C=O) groups is 1. The summed E-state index contributed by atoms with van der Waals surface area (Å²) in [5.74, 6) is -1.33. The van der Waals surface area contributed by atoms with Crippen molar-refractivity contribution < 1.29 is 18.4 Å². The molecule has 1 atom stereocenters. The van der Waals surface area contributed by atoms with Crippen LogP contribution >= 0.6 is 0 Å². The molecule has 0 aliphatic carbocycles. The van der Waals surface area contributed by atoms with Gasteiger partial charge in [0, 0.05) is 32.1 Å². The van der Waals surface area contributed by atoms with Crippen LogP contribution in [0, 0.1) is 18.6 Å². The third-order valence-corrected chi connectivity index (χ3v) is 4.57. The van der Waals surface area contributed by atoms with Crippen molar-refractivity contribution in [1.82, 2.24) is 9.80 Å². The third kappa shape index (κ3) is 4.65. The third-order valence-electron chi connectivity index (χ3n) is 4.57. The van der Waals surface area contributed by atoms with Gasteiger partial charge < -0.3 is 14.6 Å². The number of rotatable bonds is 5. The summed E-state index contributed by atoms with van der Waals surface area (Å²) in [6.07, 6.45) is 0.218. The molecule has 5 nitrogen and oxygen atoms in total.